The Morgan fingerprint density at radius 3 is 2.86 bits per heavy atom. The van der Waals surface area contributed by atoms with E-state index in [1.807, 2.05) is 6.92 Å². The number of hydrogen-bond donors (Lipinski definition) is 2. The topological polar surface area (TPSA) is 66.6 Å². The summed E-state index contributed by atoms with van der Waals surface area (Å²) in [5, 5.41) is 9.05. The highest BCUT2D eigenvalue weighted by molar-refractivity contribution is 5.73. The zero-order valence-electron chi connectivity index (χ0n) is 8.78. The molecule has 1 rings (SSSR count). The van der Waals surface area contributed by atoms with Gasteiger partial charge in [0.2, 0.25) is 0 Å². The molecule has 0 amide bonds. The number of nitrogens with zero attached hydrogens (tertiary/aromatic N) is 1. The van der Waals surface area contributed by atoms with Crippen molar-refractivity contribution in [2.45, 2.75) is 32.2 Å². The molecule has 4 nitrogen and oxygen atoms in total. The highest BCUT2D eigenvalue weighted by Crippen LogP contribution is 2.19. The first-order valence-corrected chi connectivity index (χ1v) is 5.36. The van der Waals surface area contributed by atoms with Gasteiger partial charge in [0.1, 0.15) is 6.04 Å². The van der Waals surface area contributed by atoms with Crippen LogP contribution >= 0.6 is 0 Å². The van der Waals surface area contributed by atoms with Gasteiger partial charge in [-0.25, -0.2) is 0 Å². The van der Waals surface area contributed by atoms with Gasteiger partial charge in [0.25, 0.3) is 0 Å². The molecule has 0 aromatic heterocycles. The molecule has 1 aliphatic heterocycles. The van der Waals surface area contributed by atoms with Crippen molar-refractivity contribution in [3.63, 3.8) is 0 Å². The van der Waals surface area contributed by atoms with Crippen LogP contribution in [-0.2, 0) is 4.79 Å². The Labute approximate surface area is 85.1 Å². The predicted molar refractivity (Wildman–Crippen MR) is 55.1 cm³/mol. The van der Waals surface area contributed by atoms with Gasteiger partial charge in [-0.2, -0.15) is 0 Å². The van der Waals surface area contributed by atoms with Gasteiger partial charge in [0.05, 0.1) is 0 Å². The number of aliphatic carboxylic acids is 1. The largest absolute Gasteiger partial charge is 0.480 e. The molecule has 3 N–H and O–H groups in total. The van der Waals surface area contributed by atoms with E-state index in [0.717, 1.165) is 32.4 Å². The average Bonchev–Trinajstić information content (AvgIpc) is 2.61. The fraction of sp³-hybridized carbons (Fsp3) is 0.900. The average molecular weight is 200 g/mol. The Morgan fingerprint density at radius 1 is 1.71 bits per heavy atom. The second-order valence-corrected chi connectivity index (χ2v) is 4.03. The maximum atomic E-state index is 11.0. The van der Waals surface area contributed by atoms with Gasteiger partial charge in [0.15, 0.2) is 0 Å². The third-order valence-electron chi connectivity index (χ3n) is 2.94. The van der Waals surface area contributed by atoms with Crippen molar-refractivity contribution in [1.29, 1.82) is 0 Å². The monoisotopic (exact) mass is 200 g/mol. The van der Waals surface area contributed by atoms with Crippen molar-refractivity contribution in [1.82, 2.24) is 4.90 Å². The molecule has 82 valence electrons. The first-order valence-electron chi connectivity index (χ1n) is 5.36. The lowest BCUT2D eigenvalue weighted by Gasteiger charge is -2.23. The molecule has 1 saturated heterocycles. The number of nitrogens with two attached hydrogens (primary N) is 1. The maximum absolute atomic E-state index is 11.0. The Hall–Kier alpha value is -0.610. The quantitative estimate of drug-likeness (QED) is 0.679. The minimum Gasteiger partial charge on any atom is -0.480 e. The first-order chi connectivity index (χ1) is 6.69. The first kappa shape index (κ1) is 11.5. The Kier molecular flexibility index (Phi) is 4.35. The molecule has 1 aliphatic rings. The molecule has 0 aliphatic carbocycles. The van der Waals surface area contributed by atoms with Crippen molar-refractivity contribution >= 4 is 5.97 Å². The summed E-state index contributed by atoms with van der Waals surface area (Å²) >= 11 is 0. The van der Waals surface area contributed by atoms with E-state index in [1.165, 1.54) is 0 Å². The normalized spacial score (nSPS) is 25.1. The summed E-state index contributed by atoms with van der Waals surface area (Å²) in [6, 6.07) is -0.295. The standard InChI is InChI=1S/C10H20N2O2/c1-2-3-9(10(13)14)12-5-4-8(6-11)7-12/h8-9H,2-7,11H2,1H3,(H,13,14). The number of rotatable bonds is 5. The van der Waals surface area contributed by atoms with E-state index < -0.39 is 5.97 Å². The lowest BCUT2D eigenvalue weighted by Crippen LogP contribution is -2.40. The van der Waals surface area contributed by atoms with Crippen LogP contribution in [-0.4, -0.2) is 41.7 Å². The molecular weight excluding hydrogens is 180 g/mol. The van der Waals surface area contributed by atoms with Crippen LogP contribution in [0.5, 0.6) is 0 Å². The number of carboxylic acid groups (broad SMARTS) is 1. The third-order valence-corrected chi connectivity index (χ3v) is 2.94. The number of carboxylic acids is 1. The van der Waals surface area contributed by atoms with E-state index in [2.05, 4.69) is 4.90 Å². The zero-order chi connectivity index (χ0) is 10.6. The van der Waals surface area contributed by atoms with Crippen LogP contribution < -0.4 is 5.73 Å². The van der Waals surface area contributed by atoms with Crippen LogP contribution in [0.3, 0.4) is 0 Å². The van der Waals surface area contributed by atoms with Gasteiger partial charge < -0.3 is 10.8 Å². The predicted octanol–water partition coefficient (Wildman–Crippen LogP) is 0.520. The van der Waals surface area contributed by atoms with E-state index in [4.69, 9.17) is 10.8 Å². The number of likely N-dealkylation sites (tertiary alicyclic amines) is 1. The summed E-state index contributed by atoms with van der Waals surface area (Å²) in [6.45, 7) is 4.44. The molecule has 0 aromatic carbocycles. The molecule has 0 saturated carbocycles. The minimum atomic E-state index is -0.690. The molecule has 2 atom stereocenters. The summed E-state index contributed by atoms with van der Waals surface area (Å²) in [5.41, 5.74) is 5.57. The lowest BCUT2D eigenvalue weighted by atomic mass is 10.1. The zero-order valence-corrected chi connectivity index (χ0v) is 8.78. The highest BCUT2D eigenvalue weighted by Gasteiger charge is 2.30. The highest BCUT2D eigenvalue weighted by atomic mass is 16.4. The Morgan fingerprint density at radius 2 is 2.43 bits per heavy atom. The molecule has 4 heteroatoms. The fourth-order valence-electron chi connectivity index (χ4n) is 2.07. The lowest BCUT2D eigenvalue weighted by molar-refractivity contribution is -0.143. The molecule has 0 bridgehead atoms. The summed E-state index contributed by atoms with van der Waals surface area (Å²) in [5.74, 6) is -0.196. The van der Waals surface area contributed by atoms with Crippen LogP contribution in [0.2, 0.25) is 0 Å². The molecule has 0 spiro atoms. The van der Waals surface area contributed by atoms with Gasteiger partial charge in [0, 0.05) is 6.54 Å². The van der Waals surface area contributed by atoms with Gasteiger partial charge in [-0.1, -0.05) is 13.3 Å². The smallest absolute Gasteiger partial charge is 0.320 e. The molecule has 14 heavy (non-hydrogen) atoms. The summed E-state index contributed by atoms with van der Waals surface area (Å²) in [7, 11) is 0. The van der Waals surface area contributed by atoms with Crippen LogP contribution in [0.4, 0.5) is 0 Å². The van der Waals surface area contributed by atoms with Crippen molar-refractivity contribution in [3.8, 4) is 0 Å². The van der Waals surface area contributed by atoms with Gasteiger partial charge in [-0.05, 0) is 31.8 Å². The van der Waals surface area contributed by atoms with E-state index in [-0.39, 0.29) is 6.04 Å². The number of hydrogen-bond acceptors (Lipinski definition) is 3. The van der Waals surface area contributed by atoms with Crippen LogP contribution in [0.1, 0.15) is 26.2 Å². The summed E-state index contributed by atoms with van der Waals surface area (Å²) in [6.07, 6.45) is 2.71. The van der Waals surface area contributed by atoms with Crippen molar-refractivity contribution in [2.75, 3.05) is 19.6 Å². The third kappa shape index (κ3) is 2.69. The van der Waals surface area contributed by atoms with Crippen molar-refractivity contribution in [3.05, 3.63) is 0 Å². The second kappa shape index (κ2) is 5.32. The van der Waals surface area contributed by atoms with Crippen LogP contribution in [0.15, 0.2) is 0 Å². The molecule has 0 radical (unpaired) electrons. The Bertz CT molecular complexity index is 197. The van der Waals surface area contributed by atoms with Crippen molar-refractivity contribution in [2.24, 2.45) is 11.7 Å². The van der Waals surface area contributed by atoms with Crippen molar-refractivity contribution < 1.29 is 9.90 Å². The molecule has 2 unspecified atom stereocenters. The fourth-order valence-corrected chi connectivity index (χ4v) is 2.07. The van der Waals surface area contributed by atoms with E-state index in [0.29, 0.717) is 12.5 Å². The summed E-state index contributed by atoms with van der Waals surface area (Å²) in [4.78, 5) is 13.1. The minimum absolute atomic E-state index is 0.295. The van der Waals surface area contributed by atoms with E-state index in [9.17, 15) is 4.79 Å². The molecule has 1 heterocycles. The van der Waals surface area contributed by atoms with Crippen LogP contribution in [0, 0.1) is 5.92 Å². The Balaban J connectivity index is 2.48. The van der Waals surface area contributed by atoms with E-state index >= 15 is 0 Å². The second-order valence-electron chi connectivity index (χ2n) is 4.03. The van der Waals surface area contributed by atoms with Gasteiger partial charge >= 0.3 is 5.97 Å². The maximum Gasteiger partial charge on any atom is 0.320 e. The molecular formula is C10H20N2O2. The SMILES string of the molecule is CCCC(C(=O)O)N1CCC(CN)C1. The van der Waals surface area contributed by atoms with Gasteiger partial charge in [-0.15, -0.1) is 0 Å². The molecule has 0 aromatic rings. The molecule has 1 fully saturated rings. The van der Waals surface area contributed by atoms with E-state index in [1.54, 1.807) is 0 Å². The van der Waals surface area contributed by atoms with Crippen LogP contribution in [0.25, 0.3) is 0 Å². The van der Waals surface area contributed by atoms with Gasteiger partial charge in [-0.3, -0.25) is 9.69 Å². The number of carbonyl (C=O) groups is 1. The summed E-state index contributed by atoms with van der Waals surface area (Å²) < 4.78 is 0.